The zero-order chi connectivity index (χ0) is 19.3. The summed E-state index contributed by atoms with van der Waals surface area (Å²) in [5, 5.41) is 3.40. The molecule has 1 aliphatic rings. The van der Waals surface area contributed by atoms with Crippen molar-refractivity contribution in [2.75, 3.05) is 11.9 Å². The topological polar surface area (TPSA) is 67.4 Å². The van der Waals surface area contributed by atoms with E-state index in [1.807, 2.05) is 65.6 Å². The Morgan fingerprint density at radius 3 is 2.46 bits per heavy atom. The van der Waals surface area contributed by atoms with E-state index in [4.69, 9.17) is 4.74 Å². The normalized spacial score (nSPS) is 15.7. The molecule has 0 radical (unpaired) electrons. The standard InChI is InChI=1S/C22H22N4O2/c1-2-3-14-26-20(16-10-6-4-7-11-16)25-19-18(22(26)27)21(24-15-23-19)28-17-12-8-5-9-13-17/h4-13,15,20H,2-3,14H2,1H3,(H,23,24,25). The van der Waals surface area contributed by atoms with Gasteiger partial charge in [-0.05, 0) is 24.1 Å². The maximum absolute atomic E-state index is 13.4. The predicted octanol–water partition coefficient (Wildman–Crippen LogP) is 4.64. The summed E-state index contributed by atoms with van der Waals surface area (Å²) in [5.74, 6) is 1.26. The van der Waals surface area contributed by atoms with Gasteiger partial charge in [0.15, 0.2) is 0 Å². The summed E-state index contributed by atoms with van der Waals surface area (Å²) in [6, 6.07) is 19.3. The number of benzene rings is 2. The number of para-hydroxylation sites is 1. The lowest BCUT2D eigenvalue weighted by atomic mass is 10.1. The van der Waals surface area contributed by atoms with Gasteiger partial charge in [-0.2, -0.15) is 0 Å². The van der Waals surface area contributed by atoms with E-state index in [1.54, 1.807) is 0 Å². The molecule has 0 saturated carbocycles. The lowest BCUT2D eigenvalue weighted by molar-refractivity contribution is 0.0675. The van der Waals surface area contributed by atoms with Gasteiger partial charge < -0.3 is 15.0 Å². The SMILES string of the molecule is CCCCN1C(=O)c2c(ncnc2Oc2ccccc2)NC1c1ccccc1. The largest absolute Gasteiger partial charge is 0.438 e. The number of aromatic nitrogens is 2. The molecule has 0 spiro atoms. The van der Waals surface area contributed by atoms with Crippen LogP contribution in [-0.4, -0.2) is 27.3 Å². The summed E-state index contributed by atoms with van der Waals surface area (Å²) in [4.78, 5) is 23.8. The summed E-state index contributed by atoms with van der Waals surface area (Å²) in [6.07, 6.45) is 3.05. The first-order valence-electron chi connectivity index (χ1n) is 9.48. The van der Waals surface area contributed by atoms with Crippen LogP contribution >= 0.6 is 0 Å². The first-order valence-corrected chi connectivity index (χ1v) is 9.48. The fraction of sp³-hybridized carbons (Fsp3) is 0.227. The number of nitrogens with one attached hydrogen (secondary N) is 1. The minimum atomic E-state index is -0.271. The molecule has 1 unspecified atom stereocenters. The summed E-state index contributed by atoms with van der Waals surface area (Å²) in [6.45, 7) is 2.75. The molecule has 2 aromatic carbocycles. The van der Waals surface area contributed by atoms with Gasteiger partial charge >= 0.3 is 0 Å². The first-order chi connectivity index (χ1) is 13.8. The third-order valence-electron chi connectivity index (χ3n) is 4.70. The molecule has 1 N–H and O–H groups in total. The quantitative estimate of drug-likeness (QED) is 0.681. The molecule has 6 nitrogen and oxygen atoms in total. The van der Waals surface area contributed by atoms with Crippen molar-refractivity contribution in [1.29, 1.82) is 0 Å². The second-order valence-corrected chi connectivity index (χ2v) is 6.63. The third kappa shape index (κ3) is 3.53. The highest BCUT2D eigenvalue weighted by molar-refractivity contribution is 6.03. The molecule has 0 saturated heterocycles. The highest BCUT2D eigenvalue weighted by Crippen LogP contribution is 2.36. The van der Waals surface area contributed by atoms with Gasteiger partial charge in [0.25, 0.3) is 5.91 Å². The molecule has 0 bridgehead atoms. The summed E-state index contributed by atoms with van der Waals surface area (Å²) in [5.41, 5.74) is 1.39. The van der Waals surface area contributed by atoms with Crippen molar-refractivity contribution in [2.24, 2.45) is 0 Å². The minimum Gasteiger partial charge on any atom is -0.438 e. The zero-order valence-electron chi connectivity index (χ0n) is 15.7. The van der Waals surface area contributed by atoms with Crippen molar-refractivity contribution in [3.05, 3.63) is 78.1 Å². The third-order valence-corrected chi connectivity index (χ3v) is 4.70. The van der Waals surface area contributed by atoms with E-state index in [0.29, 0.717) is 23.7 Å². The Balaban J connectivity index is 1.73. The van der Waals surface area contributed by atoms with Crippen molar-refractivity contribution in [1.82, 2.24) is 14.9 Å². The van der Waals surface area contributed by atoms with Crippen LogP contribution < -0.4 is 10.1 Å². The van der Waals surface area contributed by atoms with Crippen LogP contribution in [0.25, 0.3) is 0 Å². The van der Waals surface area contributed by atoms with E-state index in [0.717, 1.165) is 18.4 Å². The Morgan fingerprint density at radius 1 is 1.04 bits per heavy atom. The van der Waals surface area contributed by atoms with Crippen molar-refractivity contribution in [3.63, 3.8) is 0 Å². The van der Waals surface area contributed by atoms with Crippen LogP contribution in [0.3, 0.4) is 0 Å². The summed E-state index contributed by atoms with van der Waals surface area (Å²) < 4.78 is 5.90. The Bertz CT molecular complexity index is 947. The molecule has 6 heteroatoms. The lowest BCUT2D eigenvalue weighted by Gasteiger charge is -2.37. The smallest absolute Gasteiger partial charge is 0.265 e. The van der Waals surface area contributed by atoms with Gasteiger partial charge in [-0.3, -0.25) is 4.79 Å². The van der Waals surface area contributed by atoms with Gasteiger partial charge in [-0.15, -0.1) is 0 Å². The Labute approximate surface area is 164 Å². The van der Waals surface area contributed by atoms with Crippen LogP contribution in [0.15, 0.2) is 67.0 Å². The molecule has 3 aromatic rings. The van der Waals surface area contributed by atoms with Gasteiger partial charge in [0.2, 0.25) is 5.88 Å². The van der Waals surface area contributed by atoms with Gasteiger partial charge in [-0.25, -0.2) is 9.97 Å². The molecule has 28 heavy (non-hydrogen) atoms. The number of hydrogen-bond donors (Lipinski definition) is 1. The number of hydrogen-bond acceptors (Lipinski definition) is 5. The number of anilines is 1. The van der Waals surface area contributed by atoms with E-state index in [-0.39, 0.29) is 18.0 Å². The summed E-state index contributed by atoms with van der Waals surface area (Å²) >= 11 is 0. The van der Waals surface area contributed by atoms with Gasteiger partial charge in [-0.1, -0.05) is 61.9 Å². The van der Waals surface area contributed by atoms with Crippen LogP contribution in [0, 0.1) is 0 Å². The Hall–Kier alpha value is -3.41. The fourth-order valence-electron chi connectivity index (χ4n) is 3.28. The monoisotopic (exact) mass is 374 g/mol. The number of rotatable bonds is 6. The molecule has 1 aliphatic heterocycles. The molecule has 1 atom stereocenters. The molecular formula is C22H22N4O2. The summed E-state index contributed by atoms with van der Waals surface area (Å²) in [7, 11) is 0. The van der Waals surface area contributed by atoms with Crippen molar-refractivity contribution >= 4 is 11.7 Å². The van der Waals surface area contributed by atoms with E-state index in [9.17, 15) is 4.79 Å². The number of unbranched alkanes of at least 4 members (excludes halogenated alkanes) is 1. The lowest BCUT2D eigenvalue weighted by Crippen LogP contribution is -2.44. The number of nitrogens with zero attached hydrogens (tertiary/aromatic N) is 3. The number of carbonyl (C=O) groups is 1. The molecule has 4 rings (SSSR count). The van der Waals surface area contributed by atoms with Crippen molar-refractivity contribution < 1.29 is 9.53 Å². The van der Waals surface area contributed by atoms with E-state index >= 15 is 0 Å². The van der Waals surface area contributed by atoms with Crippen LogP contribution in [0.4, 0.5) is 5.82 Å². The van der Waals surface area contributed by atoms with Gasteiger partial charge in [0.1, 0.15) is 29.6 Å². The average molecular weight is 374 g/mol. The van der Waals surface area contributed by atoms with Crippen molar-refractivity contribution in [3.8, 4) is 11.6 Å². The molecule has 0 aliphatic carbocycles. The number of amides is 1. The fourth-order valence-corrected chi connectivity index (χ4v) is 3.28. The molecule has 0 fully saturated rings. The van der Waals surface area contributed by atoms with E-state index in [2.05, 4.69) is 22.2 Å². The highest BCUT2D eigenvalue weighted by Gasteiger charge is 2.36. The average Bonchev–Trinajstić information content (AvgIpc) is 2.74. The molecule has 1 amide bonds. The second-order valence-electron chi connectivity index (χ2n) is 6.63. The van der Waals surface area contributed by atoms with Gasteiger partial charge in [0.05, 0.1) is 0 Å². The van der Waals surface area contributed by atoms with Crippen LogP contribution in [-0.2, 0) is 0 Å². The van der Waals surface area contributed by atoms with E-state index in [1.165, 1.54) is 6.33 Å². The number of carbonyl (C=O) groups excluding carboxylic acids is 1. The highest BCUT2D eigenvalue weighted by atomic mass is 16.5. The maximum Gasteiger partial charge on any atom is 0.265 e. The maximum atomic E-state index is 13.4. The van der Waals surface area contributed by atoms with Gasteiger partial charge in [0, 0.05) is 6.54 Å². The Morgan fingerprint density at radius 2 is 1.75 bits per heavy atom. The molecule has 1 aromatic heterocycles. The number of fused-ring (bicyclic) bond motifs is 1. The molecule has 2 heterocycles. The van der Waals surface area contributed by atoms with Crippen LogP contribution in [0.2, 0.25) is 0 Å². The van der Waals surface area contributed by atoms with E-state index < -0.39 is 0 Å². The predicted molar refractivity (Wildman–Crippen MR) is 107 cm³/mol. The van der Waals surface area contributed by atoms with Crippen LogP contribution in [0.5, 0.6) is 11.6 Å². The first kappa shape index (κ1) is 18.0. The second kappa shape index (κ2) is 8.08. The number of ether oxygens (including phenoxy) is 1. The zero-order valence-corrected chi connectivity index (χ0v) is 15.7. The molecular weight excluding hydrogens is 352 g/mol. The van der Waals surface area contributed by atoms with Crippen molar-refractivity contribution in [2.45, 2.75) is 25.9 Å². The molecule has 142 valence electrons. The Kier molecular flexibility index (Phi) is 5.19. The van der Waals surface area contributed by atoms with Crippen LogP contribution in [0.1, 0.15) is 41.9 Å². The minimum absolute atomic E-state index is 0.123.